The lowest BCUT2D eigenvalue weighted by Crippen LogP contribution is -2.57. The average Bonchev–Trinajstić information content (AvgIpc) is 2.93. The van der Waals surface area contributed by atoms with E-state index in [-0.39, 0.29) is 22.7 Å². The fourth-order valence-electron chi connectivity index (χ4n) is 4.43. The first kappa shape index (κ1) is 25.2. The summed E-state index contributed by atoms with van der Waals surface area (Å²) in [4.78, 5) is 53.8. The van der Waals surface area contributed by atoms with E-state index in [0.717, 1.165) is 32.9 Å². The molecule has 1 aliphatic heterocycles. The van der Waals surface area contributed by atoms with E-state index >= 15 is 0 Å². The van der Waals surface area contributed by atoms with Crippen LogP contribution in [0, 0.1) is 17.0 Å². The number of methoxy groups -OCH3 is 1. The van der Waals surface area contributed by atoms with Crippen LogP contribution < -0.4 is 14.5 Å². The maximum Gasteiger partial charge on any atom is 0.343 e. The number of ether oxygens (including phenoxy) is 1. The number of fused-ring (bicyclic) bond motifs is 1. The maximum atomic E-state index is 13.8. The van der Waals surface area contributed by atoms with Crippen molar-refractivity contribution in [1.82, 2.24) is 0 Å². The van der Waals surface area contributed by atoms with Gasteiger partial charge in [0.25, 0.3) is 11.8 Å². The van der Waals surface area contributed by atoms with Crippen molar-refractivity contribution in [2.75, 3.05) is 16.9 Å². The smallest absolute Gasteiger partial charge is 0.343 e. The van der Waals surface area contributed by atoms with E-state index in [2.05, 4.69) is 0 Å². The fourth-order valence-corrected chi connectivity index (χ4v) is 4.43. The van der Waals surface area contributed by atoms with E-state index in [4.69, 9.17) is 4.74 Å². The van der Waals surface area contributed by atoms with E-state index in [1.807, 2.05) is 25.1 Å². The number of nitrogens with zero attached hydrogens (tertiary/aromatic N) is 3. The minimum absolute atomic E-state index is 0.0455. The van der Waals surface area contributed by atoms with Crippen molar-refractivity contribution in [2.24, 2.45) is 0 Å². The largest absolute Gasteiger partial charge is 0.500 e. The first-order valence-electron chi connectivity index (χ1n) is 11.8. The van der Waals surface area contributed by atoms with Crippen LogP contribution in [0.15, 0.2) is 84.4 Å². The van der Waals surface area contributed by atoms with Crippen molar-refractivity contribution in [1.29, 1.82) is 0 Å². The SMILES string of the molecule is COc1cc(/C=C2/C(=O)N(c3ccc(C)cc3)C(=O)N(c3cccc4ccccc34)C2=O)cc([N+](=O)[O-])c1O. The summed E-state index contributed by atoms with van der Waals surface area (Å²) in [6.07, 6.45) is 1.14. The molecule has 10 nitrogen and oxygen atoms in total. The number of amides is 4. The van der Waals surface area contributed by atoms with Crippen LogP contribution in [0.25, 0.3) is 16.8 Å². The number of barbiturate groups is 1. The van der Waals surface area contributed by atoms with E-state index < -0.39 is 39.8 Å². The third-order valence-electron chi connectivity index (χ3n) is 6.35. The number of carbonyl (C=O) groups excluding carboxylic acids is 3. The first-order chi connectivity index (χ1) is 18.7. The van der Waals surface area contributed by atoms with Gasteiger partial charge in [-0.2, -0.15) is 0 Å². The second kappa shape index (κ2) is 9.75. The topological polar surface area (TPSA) is 130 Å². The number of phenolic OH excluding ortho intramolecular Hbond substituents is 1. The maximum absolute atomic E-state index is 13.8. The summed E-state index contributed by atoms with van der Waals surface area (Å²) in [5.41, 5.74) is 0.377. The monoisotopic (exact) mass is 523 g/mol. The van der Waals surface area contributed by atoms with Gasteiger partial charge >= 0.3 is 11.7 Å². The predicted molar refractivity (Wildman–Crippen MR) is 145 cm³/mol. The minimum atomic E-state index is -0.903. The second-order valence-corrected chi connectivity index (χ2v) is 8.80. The molecule has 0 aromatic heterocycles. The molecule has 4 amide bonds. The number of nitro benzene ring substituents is 1. The van der Waals surface area contributed by atoms with Crippen molar-refractivity contribution in [3.8, 4) is 11.5 Å². The van der Waals surface area contributed by atoms with Gasteiger partial charge in [0.05, 0.1) is 23.4 Å². The molecule has 1 aliphatic rings. The highest BCUT2D eigenvalue weighted by Crippen LogP contribution is 2.39. The molecule has 0 unspecified atom stereocenters. The number of hydrogen-bond donors (Lipinski definition) is 1. The lowest BCUT2D eigenvalue weighted by Gasteiger charge is -2.34. The Kier molecular flexibility index (Phi) is 6.29. The van der Waals surface area contributed by atoms with Gasteiger partial charge in [0.2, 0.25) is 5.75 Å². The summed E-state index contributed by atoms with van der Waals surface area (Å²) in [6, 6.07) is 20.4. The van der Waals surface area contributed by atoms with Gasteiger partial charge in [0.1, 0.15) is 5.57 Å². The number of urea groups is 1. The molecule has 194 valence electrons. The number of aryl methyl sites for hydroxylation is 1. The van der Waals surface area contributed by atoms with Crippen LogP contribution >= 0.6 is 0 Å². The van der Waals surface area contributed by atoms with Gasteiger partial charge in [-0.1, -0.05) is 54.1 Å². The molecule has 10 heteroatoms. The number of anilines is 2. The Morgan fingerprint density at radius 2 is 1.56 bits per heavy atom. The van der Waals surface area contributed by atoms with Gasteiger partial charge in [0.15, 0.2) is 5.75 Å². The van der Waals surface area contributed by atoms with Crippen LogP contribution in [0.3, 0.4) is 0 Å². The molecule has 4 aromatic carbocycles. The molecule has 0 radical (unpaired) electrons. The number of phenols is 1. The summed E-state index contributed by atoms with van der Waals surface area (Å²) >= 11 is 0. The molecular weight excluding hydrogens is 502 g/mol. The van der Waals surface area contributed by atoms with Gasteiger partial charge in [-0.3, -0.25) is 19.7 Å². The van der Waals surface area contributed by atoms with Crippen LogP contribution in [-0.2, 0) is 9.59 Å². The summed E-state index contributed by atoms with van der Waals surface area (Å²) in [6.45, 7) is 1.85. The molecule has 1 heterocycles. The van der Waals surface area contributed by atoms with Gasteiger partial charge in [0, 0.05) is 11.5 Å². The highest BCUT2D eigenvalue weighted by Gasteiger charge is 2.44. The van der Waals surface area contributed by atoms with Crippen LogP contribution in [0.2, 0.25) is 0 Å². The Balaban J connectivity index is 1.74. The molecule has 4 aromatic rings. The minimum Gasteiger partial charge on any atom is -0.500 e. The normalized spacial score (nSPS) is 14.8. The molecule has 0 spiro atoms. The van der Waals surface area contributed by atoms with Crippen molar-refractivity contribution in [2.45, 2.75) is 6.92 Å². The number of nitro groups is 1. The van der Waals surface area contributed by atoms with Crippen molar-refractivity contribution in [3.05, 3.63) is 106 Å². The third kappa shape index (κ3) is 4.33. The molecule has 0 aliphatic carbocycles. The Morgan fingerprint density at radius 3 is 2.26 bits per heavy atom. The zero-order valence-corrected chi connectivity index (χ0v) is 20.8. The molecular formula is C29H21N3O7. The molecule has 1 N–H and O–H groups in total. The van der Waals surface area contributed by atoms with Gasteiger partial charge < -0.3 is 9.84 Å². The Morgan fingerprint density at radius 1 is 0.897 bits per heavy atom. The highest BCUT2D eigenvalue weighted by atomic mass is 16.6. The molecule has 1 fully saturated rings. The molecule has 0 saturated carbocycles. The van der Waals surface area contributed by atoms with Crippen LogP contribution in [0.1, 0.15) is 11.1 Å². The predicted octanol–water partition coefficient (Wildman–Crippen LogP) is 5.35. The number of hydrogen-bond acceptors (Lipinski definition) is 7. The van der Waals surface area contributed by atoms with E-state index in [0.29, 0.717) is 5.39 Å². The van der Waals surface area contributed by atoms with Gasteiger partial charge in [-0.05, 0) is 48.2 Å². The van der Waals surface area contributed by atoms with Crippen LogP contribution in [0.4, 0.5) is 21.9 Å². The number of rotatable bonds is 5. The highest BCUT2D eigenvalue weighted by molar-refractivity contribution is 6.46. The summed E-state index contributed by atoms with van der Waals surface area (Å²) < 4.78 is 5.05. The quantitative estimate of drug-likeness (QED) is 0.161. The summed E-state index contributed by atoms with van der Waals surface area (Å²) in [5, 5.41) is 23.0. The fraction of sp³-hybridized carbons (Fsp3) is 0.0690. The average molecular weight is 524 g/mol. The van der Waals surface area contributed by atoms with Crippen molar-refractivity contribution < 1.29 is 29.2 Å². The Bertz CT molecular complexity index is 1710. The molecule has 39 heavy (non-hydrogen) atoms. The molecule has 1 saturated heterocycles. The zero-order chi connectivity index (χ0) is 27.8. The zero-order valence-electron chi connectivity index (χ0n) is 20.8. The Hall–Kier alpha value is -5.51. The Labute approximate surface area is 222 Å². The number of benzene rings is 4. The lowest BCUT2D eigenvalue weighted by atomic mass is 10.0. The molecule has 0 bridgehead atoms. The summed E-state index contributed by atoms with van der Waals surface area (Å²) in [7, 11) is 1.21. The van der Waals surface area contributed by atoms with Gasteiger partial charge in [-0.15, -0.1) is 0 Å². The van der Waals surface area contributed by atoms with E-state index in [1.165, 1.54) is 13.2 Å². The number of imide groups is 2. The number of aromatic hydroxyl groups is 1. The van der Waals surface area contributed by atoms with E-state index in [1.54, 1.807) is 48.5 Å². The first-order valence-corrected chi connectivity index (χ1v) is 11.8. The van der Waals surface area contributed by atoms with Crippen molar-refractivity contribution >= 4 is 51.8 Å². The molecule has 0 atom stereocenters. The van der Waals surface area contributed by atoms with Crippen molar-refractivity contribution in [3.63, 3.8) is 0 Å². The van der Waals surface area contributed by atoms with E-state index in [9.17, 15) is 29.6 Å². The summed E-state index contributed by atoms with van der Waals surface area (Å²) in [5.74, 6) is -2.72. The second-order valence-electron chi connectivity index (χ2n) is 8.80. The van der Waals surface area contributed by atoms with Gasteiger partial charge in [-0.25, -0.2) is 14.6 Å². The van der Waals surface area contributed by atoms with Crippen LogP contribution in [0.5, 0.6) is 11.5 Å². The standard InChI is InChI=1S/C29H21N3O7/c1-17-10-12-20(13-11-17)30-27(34)22(14-18-15-24(32(37)38)26(33)25(16-18)39-2)28(35)31(29(30)36)23-9-5-7-19-6-3-4-8-21(19)23/h3-16,33H,1-2H3/b22-14-. The lowest BCUT2D eigenvalue weighted by molar-refractivity contribution is -0.386. The van der Waals surface area contributed by atoms with Crippen LogP contribution in [-0.4, -0.2) is 35.0 Å². The third-order valence-corrected chi connectivity index (χ3v) is 6.35. The number of carbonyl (C=O) groups is 3. The molecule has 5 rings (SSSR count).